The van der Waals surface area contributed by atoms with E-state index in [1.165, 1.54) is 11.9 Å². The zero-order chi connectivity index (χ0) is 20.8. The summed E-state index contributed by atoms with van der Waals surface area (Å²) in [5, 5.41) is 6.60. The predicted molar refractivity (Wildman–Crippen MR) is 120 cm³/mol. The van der Waals surface area contributed by atoms with Crippen molar-refractivity contribution in [3.8, 4) is 0 Å². The van der Waals surface area contributed by atoms with Crippen molar-refractivity contribution in [2.45, 2.75) is 39.2 Å². The van der Waals surface area contributed by atoms with Gasteiger partial charge in [0.2, 0.25) is 5.91 Å². The molecule has 1 aromatic rings. The summed E-state index contributed by atoms with van der Waals surface area (Å²) < 4.78 is 0. The van der Waals surface area contributed by atoms with E-state index in [2.05, 4.69) is 53.1 Å². The maximum Gasteiger partial charge on any atom is 0.233 e. The lowest BCUT2D eigenvalue weighted by Gasteiger charge is -2.29. The molecule has 3 rings (SSSR count). The molecular formula is C22H32N6O. The van der Waals surface area contributed by atoms with Gasteiger partial charge in [0.1, 0.15) is 11.7 Å². The number of nitrogens with two attached hydrogens (primary N) is 1. The Morgan fingerprint density at radius 1 is 1.28 bits per heavy atom. The van der Waals surface area contributed by atoms with Crippen LogP contribution in [0, 0.1) is 0 Å². The zero-order valence-electron chi connectivity index (χ0n) is 17.4. The van der Waals surface area contributed by atoms with E-state index in [0.717, 1.165) is 50.3 Å². The van der Waals surface area contributed by atoms with Crippen LogP contribution in [0.15, 0.2) is 53.4 Å². The molecule has 2 heterocycles. The molecule has 7 heteroatoms. The van der Waals surface area contributed by atoms with Crippen LogP contribution in [0.5, 0.6) is 0 Å². The number of likely N-dealkylation sites (tertiary alicyclic amines) is 1. The third-order valence-corrected chi connectivity index (χ3v) is 5.51. The molecule has 156 valence electrons. The number of hydrogen-bond donors (Lipinski definition) is 3. The minimum Gasteiger partial charge on any atom is -0.404 e. The predicted octanol–water partition coefficient (Wildman–Crippen LogP) is 2.64. The van der Waals surface area contributed by atoms with Gasteiger partial charge in [0.05, 0.1) is 6.42 Å². The number of anilines is 2. The van der Waals surface area contributed by atoms with Gasteiger partial charge in [-0.25, -0.2) is 4.99 Å². The average Bonchev–Trinajstić information content (AvgIpc) is 3.05. The molecule has 0 saturated carbocycles. The highest BCUT2D eigenvalue weighted by Gasteiger charge is 2.35. The van der Waals surface area contributed by atoms with Gasteiger partial charge in [-0.1, -0.05) is 20.4 Å². The summed E-state index contributed by atoms with van der Waals surface area (Å²) in [7, 11) is 0. The molecule has 29 heavy (non-hydrogen) atoms. The molecule has 0 atom stereocenters. The second kappa shape index (κ2) is 9.60. The molecule has 4 N–H and O–H groups in total. The Morgan fingerprint density at radius 3 is 2.52 bits per heavy atom. The van der Waals surface area contributed by atoms with E-state index in [1.807, 2.05) is 12.1 Å². The van der Waals surface area contributed by atoms with E-state index in [9.17, 15) is 4.79 Å². The first-order valence-electron chi connectivity index (χ1n) is 10.4. The summed E-state index contributed by atoms with van der Waals surface area (Å²) in [6.45, 7) is 12.3. The second-order valence-corrected chi connectivity index (χ2v) is 7.39. The minimum absolute atomic E-state index is 0.0438. The monoisotopic (exact) mass is 396 g/mol. The van der Waals surface area contributed by atoms with Gasteiger partial charge >= 0.3 is 0 Å². The lowest BCUT2D eigenvalue weighted by molar-refractivity contribution is -0.127. The van der Waals surface area contributed by atoms with Crippen molar-refractivity contribution in [1.29, 1.82) is 0 Å². The first-order valence-corrected chi connectivity index (χ1v) is 10.4. The lowest BCUT2D eigenvalue weighted by Crippen LogP contribution is -2.43. The summed E-state index contributed by atoms with van der Waals surface area (Å²) in [5.41, 5.74) is 8.64. The number of carbonyl (C=O) groups is 1. The third kappa shape index (κ3) is 4.79. The number of amidine groups is 1. The van der Waals surface area contributed by atoms with Gasteiger partial charge in [-0.15, -0.1) is 0 Å². The smallest absolute Gasteiger partial charge is 0.233 e. The van der Waals surface area contributed by atoms with Crippen molar-refractivity contribution in [2.24, 2.45) is 10.7 Å². The van der Waals surface area contributed by atoms with Crippen LogP contribution < -0.4 is 21.3 Å². The first kappa shape index (κ1) is 20.9. The van der Waals surface area contributed by atoms with E-state index in [-0.39, 0.29) is 11.9 Å². The van der Waals surface area contributed by atoms with Gasteiger partial charge in [0, 0.05) is 55.4 Å². The number of nitrogens with zero attached hydrogens (tertiary/aromatic N) is 3. The highest BCUT2D eigenvalue weighted by molar-refractivity contribution is 6.16. The molecule has 2 aliphatic heterocycles. The van der Waals surface area contributed by atoms with Crippen LogP contribution in [-0.4, -0.2) is 48.9 Å². The second-order valence-electron chi connectivity index (χ2n) is 7.39. The summed E-state index contributed by atoms with van der Waals surface area (Å²) in [5.74, 6) is 1.14. The molecule has 0 bridgehead atoms. The largest absolute Gasteiger partial charge is 0.404 e. The van der Waals surface area contributed by atoms with Crippen molar-refractivity contribution in [3.05, 3.63) is 48.4 Å². The van der Waals surface area contributed by atoms with Gasteiger partial charge in [-0.2, -0.15) is 0 Å². The summed E-state index contributed by atoms with van der Waals surface area (Å²) in [6.07, 6.45) is 3.51. The van der Waals surface area contributed by atoms with E-state index >= 15 is 0 Å². The zero-order valence-corrected chi connectivity index (χ0v) is 17.4. The number of hydrogen-bond acceptors (Lipinski definition) is 6. The summed E-state index contributed by atoms with van der Waals surface area (Å²) in [4.78, 5) is 21.3. The van der Waals surface area contributed by atoms with Crippen molar-refractivity contribution in [3.63, 3.8) is 0 Å². The van der Waals surface area contributed by atoms with Crippen LogP contribution in [0.4, 0.5) is 11.4 Å². The first-order chi connectivity index (χ1) is 14.1. The number of nitrogens with one attached hydrogen (secondary N) is 2. The van der Waals surface area contributed by atoms with Crippen molar-refractivity contribution in [2.75, 3.05) is 36.4 Å². The summed E-state index contributed by atoms with van der Waals surface area (Å²) in [6, 6.07) is 8.38. The Labute approximate surface area is 173 Å². The molecule has 0 aliphatic carbocycles. The van der Waals surface area contributed by atoms with Crippen molar-refractivity contribution >= 4 is 23.1 Å². The number of benzene rings is 1. The quantitative estimate of drug-likeness (QED) is 0.660. The number of carbonyl (C=O) groups excluding carboxylic acids is 1. The SMILES string of the molecule is C=C(/N=C1\C(=C/N)CC(=O)N1C(CC)CC)Nc1ccc(N2CCNCC2)cc1. The molecular weight excluding hydrogens is 364 g/mol. The maximum absolute atomic E-state index is 12.5. The molecule has 1 aromatic carbocycles. The molecule has 0 aromatic heterocycles. The van der Waals surface area contributed by atoms with Crippen LogP contribution >= 0.6 is 0 Å². The Balaban J connectivity index is 1.73. The number of piperazine rings is 1. The van der Waals surface area contributed by atoms with Crippen LogP contribution in [0.3, 0.4) is 0 Å². The van der Waals surface area contributed by atoms with Crippen LogP contribution in [0.25, 0.3) is 0 Å². The van der Waals surface area contributed by atoms with Crippen molar-refractivity contribution in [1.82, 2.24) is 10.2 Å². The van der Waals surface area contributed by atoms with Gasteiger partial charge in [0.15, 0.2) is 0 Å². The van der Waals surface area contributed by atoms with Gasteiger partial charge < -0.3 is 21.3 Å². The lowest BCUT2D eigenvalue weighted by atomic mass is 10.1. The third-order valence-electron chi connectivity index (χ3n) is 5.51. The van der Waals surface area contributed by atoms with Gasteiger partial charge in [-0.05, 0) is 37.1 Å². The molecule has 2 aliphatic rings. The highest BCUT2D eigenvalue weighted by atomic mass is 16.2. The Morgan fingerprint density at radius 2 is 1.93 bits per heavy atom. The van der Waals surface area contributed by atoms with E-state index in [4.69, 9.17) is 5.73 Å². The van der Waals surface area contributed by atoms with Crippen LogP contribution in [-0.2, 0) is 4.79 Å². The maximum atomic E-state index is 12.5. The number of aliphatic imine (C=N–C) groups is 1. The molecule has 0 radical (unpaired) electrons. The molecule has 0 spiro atoms. The Kier molecular flexibility index (Phi) is 6.93. The molecule has 2 saturated heterocycles. The average molecular weight is 397 g/mol. The van der Waals surface area contributed by atoms with E-state index in [1.54, 1.807) is 4.90 Å². The van der Waals surface area contributed by atoms with Gasteiger partial charge in [0.25, 0.3) is 0 Å². The number of amides is 1. The Bertz CT molecular complexity index is 788. The Hall–Kier alpha value is -2.80. The topological polar surface area (TPSA) is 86.0 Å². The van der Waals surface area contributed by atoms with Gasteiger partial charge in [-0.3, -0.25) is 9.69 Å². The standard InChI is InChI=1S/C22H32N6O/c1-4-19(5-2)28-21(29)14-17(15-23)22(28)26-16(3)25-18-6-8-20(9-7-18)27-12-10-24-11-13-27/h6-9,15,19,24-25H,3-5,10-14,23H2,1-2H3/b17-15-,26-22+. The minimum atomic E-state index is 0.0438. The van der Waals surface area contributed by atoms with Crippen LogP contribution in [0.1, 0.15) is 33.1 Å². The fourth-order valence-electron chi connectivity index (χ4n) is 3.89. The van der Waals surface area contributed by atoms with Crippen LogP contribution in [0.2, 0.25) is 0 Å². The van der Waals surface area contributed by atoms with E-state index < -0.39 is 0 Å². The molecule has 1 amide bonds. The normalized spacial score (nSPS) is 20.2. The number of rotatable bonds is 7. The fraction of sp³-hybridized carbons (Fsp3) is 0.455. The van der Waals surface area contributed by atoms with Crippen molar-refractivity contribution < 1.29 is 4.79 Å². The summed E-state index contributed by atoms with van der Waals surface area (Å²) >= 11 is 0. The van der Waals surface area contributed by atoms with E-state index in [0.29, 0.717) is 18.1 Å². The molecule has 7 nitrogen and oxygen atoms in total. The fourth-order valence-corrected chi connectivity index (χ4v) is 3.89. The molecule has 2 fully saturated rings. The molecule has 0 unspecified atom stereocenters. The highest BCUT2D eigenvalue weighted by Crippen LogP contribution is 2.26.